The summed E-state index contributed by atoms with van der Waals surface area (Å²) in [5, 5.41) is 5.65. The zero-order valence-electron chi connectivity index (χ0n) is 14.6. The van der Waals surface area contributed by atoms with Crippen LogP contribution >= 0.6 is 0 Å². The fourth-order valence-corrected chi connectivity index (χ4v) is 2.80. The van der Waals surface area contributed by atoms with Gasteiger partial charge in [-0.15, -0.1) is 0 Å². The molecule has 0 aliphatic heterocycles. The van der Waals surface area contributed by atoms with Gasteiger partial charge >= 0.3 is 0 Å². The zero-order valence-corrected chi connectivity index (χ0v) is 14.6. The number of nitrogens with one attached hydrogen (secondary N) is 1. The summed E-state index contributed by atoms with van der Waals surface area (Å²) < 4.78 is 32.1. The van der Waals surface area contributed by atoms with Crippen LogP contribution in [0.2, 0.25) is 0 Å². The molecule has 0 aliphatic rings. The van der Waals surface area contributed by atoms with E-state index in [2.05, 4.69) is 5.32 Å². The predicted octanol–water partition coefficient (Wildman–Crippen LogP) is 3.21. The van der Waals surface area contributed by atoms with Crippen LogP contribution in [0.15, 0.2) is 52.9 Å². The number of halogens is 2. The molecule has 0 saturated heterocycles. The predicted molar refractivity (Wildman–Crippen MR) is 94.3 cm³/mol. The SMILES string of the molecule is C[C@H]([NH2+]CC(=O)N[C@H](C)c1cc2ccccc2o1)c1ccc(F)c(F)c1. The molecule has 136 valence electrons. The molecule has 0 saturated carbocycles. The number of nitrogens with two attached hydrogens (primary N) is 1. The number of rotatable bonds is 6. The van der Waals surface area contributed by atoms with Crippen molar-refractivity contribution in [1.82, 2.24) is 5.32 Å². The second-order valence-electron chi connectivity index (χ2n) is 6.38. The molecule has 3 aromatic rings. The number of fused-ring (bicyclic) bond motifs is 1. The molecule has 2 atom stereocenters. The van der Waals surface area contributed by atoms with E-state index < -0.39 is 11.6 Å². The van der Waals surface area contributed by atoms with Crippen LogP contribution < -0.4 is 10.6 Å². The maximum absolute atomic E-state index is 13.3. The second-order valence-corrected chi connectivity index (χ2v) is 6.38. The molecule has 6 heteroatoms. The molecule has 26 heavy (non-hydrogen) atoms. The average molecular weight is 359 g/mol. The lowest BCUT2D eigenvalue weighted by Gasteiger charge is -2.14. The third kappa shape index (κ3) is 4.08. The number of quaternary nitrogens is 1. The lowest BCUT2D eigenvalue weighted by molar-refractivity contribution is -0.682. The van der Waals surface area contributed by atoms with Crippen LogP contribution in [0.5, 0.6) is 0 Å². The number of carbonyl (C=O) groups excluding carboxylic acids is 1. The summed E-state index contributed by atoms with van der Waals surface area (Å²) in [6, 6.07) is 12.9. The zero-order chi connectivity index (χ0) is 18.7. The first-order valence-electron chi connectivity index (χ1n) is 8.50. The highest BCUT2D eigenvalue weighted by Crippen LogP contribution is 2.23. The summed E-state index contributed by atoms with van der Waals surface area (Å²) in [6.07, 6.45) is 0. The highest BCUT2D eigenvalue weighted by atomic mass is 19.2. The molecule has 0 spiro atoms. The summed E-state index contributed by atoms with van der Waals surface area (Å²) in [4.78, 5) is 12.2. The number of carbonyl (C=O) groups is 1. The molecule has 4 nitrogen and oxygen atoms in total. The average Bonchev–Trinajstić information content (AvgIpc) is 3.06. The number of para-hydroxylation sites is 1. The van der Waals surface area contributed by atoms with E-state index in [-0.39, 0.29) is 24.5 Å². The van der Waals surface area contributed by atoms with E-state index in [4.69, 9.17) is 4.42 Å². The topological polar surface area (TPSA) is 58.9 Å². The Morgan fingerprint density at radius 2 is 1.88 bits per heavy atom. The largest absolute Gasteiger partial charge is 0.459 e. The summed E-state index contributed by atoms with van der Waals surface area (Å²) in [7, 11) is 0. The lowest BCUT2D eigenvalue weighted by atomic mass is 10.1. The summed E-state index contributed by atoms with van der Waals surface area (Å²) in [5.74, 6) is -1.23. The number of hydrogen-bond acceptors (Lipinski definition) is 2. The monoisotopic (exact) mass is 359 g/mol. The normalized spacial score (nSPS) is 13.5. The molecule has 0 unspecified atom stereocenters. The van der Waals surface area contributed by atoms with E-state index >= 15 is 0 Å². The van der Waals surface area contributed by atoms with E-state index in [0.29, 0.717) is 11.3 Å². The van der Waals surface area contributed by atoms with Crippen molar-refractivity contribution in [2.45, 2.75) is 25.9 Å². The minimum absolute atomic E-state index is 0.160. The lowest BCUT2D eigenvalue weighted by Crippen LogP contribution is -2.87. The molecular formula is C20H21F2N2O2+. The fourth-order valence-electron chi connectivity index (χ4n) is 2.80. The van der Waals surface area contributed by atoms with Crippen molar-refractivity contribution in [2.24, 2.45) is 0 Å². The van der Waals surface area contributed by atoms with Gasteiger partial charge in [-0.25, -0.2) is 8.78 Å². The summed E-state index contributed by atoms with van der Waals surface area (Å²) in [6.45, 7) is 3.86. The Morgan fingerprint density at radius 1 is 1.12 bits per heavy atom. The van der Waals surface area contributed by atoms with Gasteiger partial charge in [-0.1, -0.05) is 18.2 Å². The van der Waals surface area contributed by atoms with Gasteiger partial charge in [0.25, 0.3) is 5.91 Å². The van der Waals surface area contributed by atoms with Crippen molar-refractivity contribution >= 4 is 16.9 Å². The summed E-state index contributed by atoms with van der Waals surface area (Å²) in [5.41, 5.74) is 1.41. The Bertz CT molecular complexity index is 890. The van der Waals surface area contributed by atoms with Crippen LogP contribution in [0.3, 0.4) is 0 Å². The second kappa shape index (κ2) is 7.66. The third-order valence-electron chi connectivity index (χ3n) is 4.38. The van der Waals surface area contributed by atoms with Gasteiger partial charge in [0, 0.05) is 10.9 Å². The molecule has 3 rings (SSSR count). The Morgan fingerprint density at radius 3 is 2.62 bits per heavy atom. The van der Waals surface area contributed by atoms with Crippen molar-refractivity contribution in [2.75, 3.05) is 6.54 Å². The Balaban J connectivity index is 1.55. The van der Waals surface area contributed by atoms with Crippen molar-refractivity contribution in [1.29, 1.82) is 0 Å². The smallest absolute Gasteiger partial charge is 0.275 e. The van der Waals surface area contributed by atoms with Crippen molar-refractivity contribution in [3.05, 3.63) is 71.5 Å². The van der Waals surface area contributed by atoms with Crippen molar-refractivity contribution in [3.63, 3.8) is 0 Å². The van der Waals surface area contributed by atoms with E-state index in [1.54, 1.807) is 5.32 Å². The van der Waals surface area contributed by atoms with E-state index in [1.807, 2.05) is 44.2 Å². The molecule has 3 N–H and O–H groups in total. The number of furan rings is 1. The van der Waals surface area contributed by atoms with Gasteiger partial charge in [0.15, 0.2) is 18.2 Å². The Labute approximate surface area is 150 Å². The van der Waals surface area contributed by atoms with Gasteiger partial charge in [-0.3, -0.25) is 4.79 Å². The van der Waals surface area contributed by atoms with Gasteiger partial charge < -0.3 is 15.1 Å². The standard InChI is InChI=1S/C20H20F2N2O2/c1-12(14-7-8-16(21)17(22)9-14)23-11-20(25)24-13(2)19-10-15-5-3-4-6-18(15)26-19/h3-10,12-13,23H,11H2,1-2H3,(H,24,25)/p+1/t12-,13+/m0/s1. The molecule has 1 amide bonds. The number of amides is 1. The molecule has 0 bridgehead atoms. The molecule has 0 radical (unpaired) electrons. The third-order valence-corrected chi connectivity index (χ3v) is 4.38. The van der Waals surface area contributed by atoms with Crippen molar-refractivity contribution < 1.29 is 23.3 Å². The molecular weight excluding hydrogens is 338 g/mol. The minimum atomic E-state index is -0.884. The van der Waals surface area contributed by atoms with Gasteiger partial charge in [0.05, 0.1) is 6.04 Å². The molecule has 0 aliphatic carbocycles. The van der Waals surface area contributed by atoms with E-state index in [0.717, 1.165) is 23.1 Å². The molecule has 2 aromatic carbocycles. The van der Waals surface area contributed by atoms with E-state index in [9.17, 15) is 13.6 Å². The molecule has 1 heterocycles. The van der Waals surface area contributed by atoms with Gasteiger partial charge in [-0.2, -0.15) is 0 Å². The Hall–Kier alpha value is -2.73. The fraction of sp³-hybridized carbons (Fsp3) is 0.250. The van der Waals surface area contributed by atoms with Crippen molar-refractivity contribution in [3.8, 4) is 0 Å². The van der Waals surface area contributed by atoms with Crippen LogP contribution in [0.25, 0.3) is 11.0 Å². The molecule has 0 fully saturated rings. The minimum Gasteiger partial charge on any atom is -0.459 e. The Kier molecular flexibility index (Phi) is 5.32. The highest BCUT2D eigenvalue weighted by Gasteiger charge is 2.17. The first kappa shape index (κ1) is 18.1. The molecule has 1 aromatic heterocycles. The maximum atomic E-state index is 13.3. The first-order valence-corrected chi connectivity index (χ1v) is 8.50. The van der Waals surface area contributed by atoms with Gasteiger partial charge in [0.2, 0.25) is 0 Å². The van der Waals surface area contributed by atoms with Gasteiger partial charge in [0.1, 0.15) is 17.4 Å². The highest BCUT2D eigenvalue weighted by molar-refractivity contribution is 5.79. The van der Waals surface area contributed by atoms with Crippen LogP contribution in [-0.2, 0) is 4.79 Å². The number of hydrogen-bond donors (Lipinski definition) is 2. The summed E-state index contributed by atoms with van der Waals surface area (Å²) >= 11 is 0. The quantitative estimate of drug-likeness (QED) is 0.710. The van der Waals surface area contributed by atoms with Crippen LogP contribution in [-0.4, -0.2) is 12.5 Å². The maximum Gasteiger partial charge on any atom is 0.275 e. The van der Waals surface area contributed by atoms with Crippen LogP contribution in [0, 0.1) is 11.6 Å². The van der Waals surface area contributed by atoms with Crippen LogP contribution in [0.1, 0.15) is 37.3 Å². The van der Waals surface area contributed by atoms with Gasteiger partial charge in [-0.05, 0) is 44.2 Å². The van der Waals surface area contributed by atoms with E-state index in [1.165, 1.54) is 6.07 Å². The first-order chi connectivity index (χ1) is 12.4. The number of benzene rings is 2. The van der Waals surface area contributed by atoms with Crippen LogP contribution in [0.4, 0.5) is 8.78 Å².